The summed E-state index contributed by atoms with van der Waals surface area (Å²) in [5.74, 6) is 0. The van der Waals surface area contributed by atoms with E-state index in [-0.39, 0.29) is 0 Å². The summed E-state index contributed by atoms with van der Waals surface area (Å²) in [4.78, 5) is 0. The van der Waals surface area contributed by atoms with E-state index in [0.717, 1.165) is 0 Å². The Kier molecular flexibility index (Phi) is 3.51. The van der Waals surface area contributed by atoms with Gasteiger partial charge in [0.25, 0.3) is 0 Å². The molecule has 0 fully saturated rings. The maximum absolute atomic E-state index is 11.1. The lowest BCUT2D eigenvalue weighted by atomic mass is 10.7. The molecular formula is C6H7ClO2S2. The predicted octanol–water partition coefficient (Wildman–Crippen LogP) is 2.46. The number of hydrogen-bond acceptors (Lipinski definition) is 3. The van der Waals surface area contributed by atoms with Gasteiger partial charge in [-0.05, 0) is 19.1 Å². The Morgan fingerprint density at radius 1 is 1.73 bits per heavy atom. The van der Waals surface area contributed by atoms with Crippen molar-refractivity contribution in [2.75, 3.05) is 6.61 Å². The second kappa shape index (κ2) is 4.21. The summed E-state index contributed by atoms with van der Waals surface area (Å²) >= 11 is 5.58. The van der Waals surface area contributed by atoms with Gasteiger partial charge in [0, 0.05) is 0 Å². The first kappa shape index (κ1) is 9.19. The SMILES string of the molecule is CCO[S@@](=O)c1ccc(Cl)s1. The van der Waals surface area contributed by atoms with Crippen molar-refractivity contribution in [3.8, 4) is 0 Å². The first-order valence-corrected chi connectivity index (χ1v) is 5.31. The van der Waals surface area contributed by atoms with E-state index < -0.39 is 11.1 Å². The molecule has 0 spiro atoms. The molecule has 62 valence electrons. The third kappa shape index (κ3) is 2.56. The van der Waals surface area contributed by atoms with Gasteiger partial charge in [0.2, 0.25) is 0 Å². The van der Waals surface area contributed by atoms with Crippen LogP contribution >= 0.6 is 22.9 Å². The van der Waals surface area contributed by atoms with Crippen molar-refractivity contribution in [1.82, 2.24) is 0 Å². The molecule has 0 radical (unpaired) electrons. The van der Waals surface area contributed by atoms with Crippen LogP contribution in [0.5, 0.6) is 0 Å². The number of halogens is 1. The predicted molar refractivity (Wildman–Crippen MR) is 47.4 cm³/mol. The Morgan fingerprint density at radius 3 is 2.91 bits per heavy atom. The summed E-state index contributed by atoms with van der Waals surface area (Å²) in [7, 11) is 0. The Labute approximate surface area is 76.8 Å². The van der Waals surface area contributed by atoms with Crippen LogP contribution in [0.2, 0.25) is 4.34 Å². The molecule has 5 heteroatoms. The lowest BCUT2D eigenvalue weighted by molar-refractivity contribution is 0.372. The van der Waals surface area contributed by atoms with Crippen molar-refractivity contribution >= 4 is 34.0 Å². The first-order chi connectivity index (χ1) is 5.24. The van der Waals surface area contributed by atoms with Crippen LogP contribution in [-0.2, 0) is 15.3 Å². The smallest absolute Gasteiger partial charge is 0.199 e. The van der Waals surface area contributed by atoms with Crippen LogP contribution < -0.4 is 0 Å². The van der Waals surface area contributed by atoms with Gasteiger partial charge in [-0.2, -0.15) is 0 Å². The molecule has 0 unspecified atom stereocenters. The molecule has 1 heterocycles. The molecule has 0 aliphatic carbocycles. The monoisotopic (exact) mass is 210 g/mol. The van der Waals surface area contributed by atoms with Crippen LogP contribution in [0.4, 0.5) is 0 Å². The largest absolute Gasteiger partial charge is 0.286 e. The van der Waals surface area contributed by atoms with Gasteiger partial charge < -0.3 is 0 Å². The molecule has 0 saturated carbocycles. The van der Waals surface area contributed by atoms with Gasteiger partial charge >= 0.3 is 0 Å². The second-order valence-corrected chi connectivity index (χ2v) is 4.82. The third-order valence-corrected chi connectivity index (χ3v) is 3.54. The van der Waals surface area contributed by atoms with Crippen molar-refractivity contribution in [1.29, 1.82) is 0 Å². The molecule has 0 bridgehead atoms. The highest BCUT2D eigenvalue weighted by molar-refractivity contribution is 7.82. The van der Waals surface area contributed by atoms with E-state index >= 15 is 0 Å². The van der Waals surface area contributed by atoms with E-state index in [1.807, 2.05) is 0 Å². The minimum atomic E-state index is -1.33. The Balaban J connectivity index is 2.69. The van der Waals surface area contributed by atoms with Gasteiger partial charge in [-0.25, -0.2) is 4.21 Å². The Morgan fingerprint density at radius 2 is 2.45 bits per heavy atom. The molecule has 0 saturated heterocycles. The zero-order valence-electron chi connectivity index (χ0n) is 5.87. The van der Waals surface area contributed by atoms with Crippen molar-refractivity contribution in [2.45, 2.75) is 11.1 Å². The van der Waals surface area contributed by atoms with Crippen molar-refractivity contribution in [2.24, 2.45) is 0 Å². The van der Waals surface area contributed by atoms with E-state index in [0.29, 0.717) is 15.2 Å². The lowest BCUT2D eigenvalue weighted by Crippen LogP contribution is -1.93. The summed E-state index contributed by atoms with van der Waals surface area (Å²) in [5, 5.41) is 0. The fraction of sp³-hybridized carbons (Fsp3) is 0.333. The van der Waals surface area contributed by atoms with Crippen LogP contribution in [0.15, 0.2) is 16.3 Å². The Bertz CT molecular complexity index is 259. The molecule has 1 atom stereocenters. The van der Waals surface area contributed by atoms with Gasteiger partial charge in [-0.15, -0.1) is 11.3 Å². The molecule has 1 aromatic heterocycles. The summed E-state index contributed by atoms with van der Waals surface area (Å²) in [6, 6.07) is 3.41. The van der Waals surface area contributed by atoms with Crippen LogP contribution in [0, 0.1) is 0 Å². The third-order valence-electron chi connectivity index (χ3n) is 0.938. The molecule has 0 amide bonds. The van der Waals surface area contributed by atoms with Gasteiger partial charge in [-0.1, -0.05) is 11.6 Å². The summed E-state index contributed by atoms with van der Waals surface area (Å²) in [6.07, 6.45) is 0. The molecule has 0 aliphatic heterocycles. The average Bonchev–Trinajstić information content (AvgIpc) is 2.36. The second-order valence-electron chi connectivity index (χ2n) is 1.70. The fourth-order valence-corrected chi connectivity index (χ4v) is 2.66. The van der Waals surface area contributed by atoms with Crippen molar-refractivity contribution in [3.63, 3.8) is 0 Å². The average molecular weight is 211 g/mol. The zero-order valence-corrected chi connectivity index (χ0v) is 8.26. The van der Waals surface area contributed by atoms with Gasteiger partial charge in [-0.3, -0.25) is 4.18 Å². The number of hydrogen-bond donors (Lipinski definition) is 0. The van der Waals surface area contributed by atoms with Crippen LogP contribution in [0.3, 0.4) is 0 Å². The van der Waals surface area contributed by atoms with Crippen LogP contribution in [0.25, 0.3) is 0 Å². The van der Waals surface area contributed by atoms with Crippen LogP contribution in [0.1, 0.15) is 6.92 Å². The zero-order chi connectivity index (χ0) is 8.27. The highest BCUT2D eigenvalue weighted by Gasteiger charge is 2.05. The Hall–Kier alpha value is 0.1000. The van der Waals surface area contributed by atoms with Crippen LogP contribution in [-0.4, -0.2) is 10.8 Å². The van der Waals surface area contributed by atoms with E-state index in [4.69, 9.17) is 15.8 Å². The molecule has 0 aliphatic rings. The number of thiophene rings is 1. The quantitative estimate of drug-likeness (QED) is 0.766. The first-order valence-electron chi connectivity index (χ1n) is 3.04. The van der Waals surface area contributed by atoms with Crippen molar-refractivity contribution < 1.29 is 8.39 Å². The molecule has 11 heavy (non-hydrogen) atoms. The summed E-state index contributed by atoms with van der Waals surface area (Å²) in [6.45, 7) is 2.25. The normalized spacial score (nSPS) is 13.3. The highest BCUT2D eigenvalue weighted by atomic mass is 35.5. The number of rotatable bonds is 3. The molecule has 0 N–H and O–H groups in total. The minimum absolute atomic E-state index is 0.447. The lowest BCUT2D eigenvalue weighted by Gasteiger charge is -1.94. The van der Waals surface area contributed by atoms with Gasteiger partial charge in [0.15, 0.2) is 11.1 Å². The maximum atomic E-state index is 11.1. The molecule has 2 nitrogen and oxygen atoms in total. The molecular weight excluding hydrogens is 204 g/mol. The fourth-order valence-electron chi connectivity index (χ4n) is 0.552. The van der Waals surface area contributed by atoms with E-state index in [2.05, 4.69) is 0 Å². The van der Waals surface area contributed by atoms with E-state index in [1.165, 1.54) is 11.3 Å². The van der Waals surface area contributed by atoms with Gasteiger partial charge in [0.1, 0.15) is 4.21 Å². The highest BCUT2D eigenvalue weighted by Crippen LogP contribution is 2.24. The standard InChI is InChI=1S/C6H7ClO2S2/c1-2-9-11(8)6-4-3-5(7)10-6/h3-4H,2H2,1H3/t11-/m1/s1. The summed E-state index contributed by atoms with van der Waals surface area (Å²) in [5.41, 5.74) is 0. The van der Waals surface area contributed by atoms with E-state index in [9.17, 15) is 4.21 Å². The van der Waals surface area contributed by atoms with E-state index in [1.54, 1.807) is 19.1 Å². The summed E-state index contributed by atoms with van der Waals surface area (Å²) < 4.78 is 17.3. The topological polar surface area (TPSA) is 26.3 Å². The minimum Gasteiger partial charge on any atom is -0.286 e. The molecule has 1 aromatic rings. The van der Waals surface area contributed by atoms with Gasteiger partial charge in [0.05, 0.1) is 10.9 Å². The maximum Gasteiger partial charge on any atom is 0.199 e. The molecule has 0 aromatic carbocycles. The van der Waals surface area contributed by atoms with Crippen molar-refractivity contribution in [3.05, 3.63) is 16.5 Å². The molecule has 1 rings (SSSR count).